The van der Waals surface area contributed by atoms with Crippen LogP contribution in [0, 0.1) is 0 Å². The minimum absolute atomic E-state index is 0.00821. The van der Waals surface area contributed by atoms with Crippen molar-refractivity contribution in [1.29, 1.82) is 0 Å². The molecule has 19 heavy (non-hydrogen) atoms. The molecule has 1 amide bonds. The number of amides is 1. The predicted octanol–water partition coefficient (Wildman–Crippen LogP) is 1.45. The molecule has 6 heteroatoms. The van der Waals surface area contributed by atoms with Crippen molar-refractivity contribution in [2.45, 2.75) is 19.4 Å². The number of aromatic nitrogens is 2. The average molecular weight is 279 g/mol. The highest BCUT2D eigenvalue weighted by molar-refractivity contribution is 7.84. The van der Waals surface area contributed by atoms with Crippen molar-refractivity contribution >= 4 is 27.6 Å². The first-order valence-corrected chi connectivity index (χ1v) is 7.83. The Labute approximate surface area is 114 Å². The molecule has 5 nitrogen and oxygen atoms in total. The van der Waals surface area contributed by atoms with Crippen molar-refractivity contribution in [3.8, 4) is 0 Å². The van der Waals surface area contributed by atoms with Crippen molar-refractivity contribution in [2.75, 3.05) is 12.0 Å². The van der Waals surface area contributed by atoms with Crippen LogP contribution < -0.4 is 5.32 Å². The van der Waals surface area contributed by atoms with Crippen molar-refractivity contribution in [1.82, 2.24) is 15.5 Å². The van der Waals surface area contributed by atoms with E-state index in [1.165, 1.54) is 0 Å². The number of rotatable bonds is 5. The van der Waals surface area contributed by atoms with Crippen LogP contribution in [0.15, 0.2) is 24.4 Å². The number of aromatic amines is 1. The fourth-order valence-corrected chi connectivity index (χ4v) is 2.49. The van der Waals surface area contributed by atoms with Crippen molar-refractivity contribution in [3.63, 3.8) is 0 Å². The Kier molecular flexibility index (Phi) is 4.31. The van der Waals surface area contributed by atoms with E-state index < -0.39 is 10.8 Å². The molecule has 102 valence electrons. The molecule has 1 aromatic carbocycles. The average Bonchev–Trinajstić information content (AvgIpc) is 2.83. The van der Waals surface area contributed by atoms with Gasteiger partial charge in [-0.2, -0.15) is 5.10 Å². The standard InChI is InChI=1S/C13H17N3O2S/c1-9(5-6-19(2)18)15-13(17)10-3-4-11-8-14-16-12(11)7-10/h3-4,7-9H,5-6H2,1-2H3,(H,14,16)(H,15,17). The Morgan fingerprint density at radius 2 is 2.32 bits per heavy atom. The molecular weight excluding hydrogens is 262 g/mol. The first kappa shape index (κ1) is 13.7. The smallest absolute Gasteiger partial charge is 0.251 e. The molecule has 2 aromatic rings. The Morgan fingerprint density at radius 1 is 1.53 bits per heavy atom. The van der Waals surface area contributed by atoms with Gasteiger partial charge in [-0.05, 0) is 25.5 Å². The number of nitrogens with one attached hydrogen (secondary N) is 2. The molecule has 2 unspecified atom stereocenters. The Balaban J connectivity index is 2.00. The van der Waals surface area contributed by atoms with Crippen LogP contribution in [0.4, 0.5) is 0 Å². The second-order valence-electron chi connectivity index (χ2n) is 4.61. The Morgan fingerprint density at radius 3 is 3.05 bits per heavy atom. The van der Waals surface area contributed by atoms with E-state index in [9.17, 15) is 9.00 Å². The summed E-state index contributed by atoms with van der Waals surface area (Å²) in [5.74, 6) is 0.479. The number of hydrogen-bond donors (Lipinski definition) is 2. The van der Waals surface area contributed by atoms with Gasteiger partial charge in [0.05, 0.1) is 11.7 Å². The molecule has 0 aliphatic heterocycles. The van der Waals surface area contributed by atoms with Crippen LogP contribution in [-0.4, -0.2) is 38.4 Å². The lowest BCUT2D eigenvalue weighted by atomic mass is 10.1. The zero-order valence-corrected chi connectivity index (χ0v) is 11.8. The minimum Gasteiger partial charge on any atom is -0.350 e. The lowest BCUT2D eigenvalue weighted by molar-refractivity contribution is 0.0939. The maximum absolute atomic E-state index is 12.0. The van der Waals surface area contributed by atoms with Gasteiger partial charge in [0.1, 0.15) is 0 Å². The van der Waals surface area contributed by atoms with E-state index in [1.54, 1.807) is 24.6 Å². The molecule has 0 aliphatic rings. The van der Waals surface area contributed by atoms with Gasteiger partial charge in [0, 0.05) is 39.8 Å². The van der Waals surface area contributed by atoms with Crippen molar-refractivity contribution < 1.29 is 9.00 Å². The van der Waals surface area contributed by atoms with Crippen LogP contribution >= 0.6 is 0 Å². The minimum atomic E-state index is -0.823. The largest absolute Gasteiger partial charge is 0.350 e. The van der Waals surface area contributed by atoms with E-state index in [2.05, 4.69) is 15.5 Å². The molecular formula is C13H17N3O2S. The first-order chi connectivity index (χ1) is 9.06. The summed E-state index contributed by atoms with van der Waals surface area (Å²) in [7, 11) is -0.823. The second-order valence-corrected chi connectivity index (χ2v) is 6.17. The third-order valence-corrected chi connectivity index (χ3v) is 3.73. The van der Waals surface area contributed by atoms with Crippen LogP contribution in [0.25, 0.3) is 10.9 Å². The van der Waals surface area contributed by atoms with E-state index in [0.717, 1.165) is 10.9 Å². The number of carbonyl (C=O) groups excluding carboxylic acids is 1. The van der Waals surface area contributed by atoms with Gasteiger partial charge in [0.15, 0.2) is 0 Å². The molecule has 0 bridgehead atoms. The van der Waals surface area contributed by atoms with E-state index in [1.807, 2.05) is 13.0 Å². The Hall–Kier alpha value is -1.69. The lowest BCUT2D eigenvalue weighted by Crippen LogP contribution is -2.33. The second kappa shape index (κ2) is 5.97. The van der Waals surface area contributed by atoms with E-state index >= 15 is 0 Å². The van der Waals surface area contributed by atoms with Crippen LogP contribution in [-0.2, 0) is 10.8 Å². The van der Waals surface area contributed by atoms with Gasteiger partial charge >= 0.3 is 0 Å². The fraction of sp³-hybridized carbons (Fsp3) is 0.385. The molecule has 1 aromatic heterocycles. The molecule has 2 N–H and O–H groups in total. The third-order valence-electron chi connectivity index (χ3n) is 2.92. The quantitative estimate of drug-likeness (QED) is 0.870. The van der Waals surface area contributed by atoms with E-state index in [-0.39, 0.29) is 11.9 Å². The zero-order chi connectivity index (χ0) is 13.8. The summed E-state index contributed by atoms with van der Waals surface area (Å²) in [5.41, 5.74) is 1.44. The van der Waals surface area contributed by atoms with Crippen molar-refractivity contribution in [2.24, 2.45) is 0 Å². The summed E-state index contributed by atoms with van der Waals surface area (Å²) in [6.45, 7) is 1.92. The molecule has 0 spiro atoms. The summed E-state index contributed by atoms with van der Waals surface area (Å²) in [5, 5.41) is 10.6. The SMILES string of the molecule is CC(CCS(C)=O)NC(=O)c1ccc2cn[nH]c2c1. The molecule has 0 saturated heterocycles. The molecule has 0 aliphatic carbocycles. The summed E-state index contributed by atoms with van der Waals surface area (Å²) in [6.07, 6.45) is 4.10. The molecule has 0 radical (unpaired) electrons. The predicted molar refractivity (Wildman–Crippen MR) is 76.6 cm³/mol. The number of H-pyrrole nitrogens is 1. The van der Waals surface area contributed by atoms with E-state index in [0.29, 0.717) is 17.7 Å². The van der Waals surface area contributed by atoms with Crippen LogP contribution in [0.3, 0.4) is 0 Å². The van der Waals surface area contributed by atoms with Crippen molar-refractivity contribution in [3.05, 3.63) is 30.0 Å². The number of benzene rings is 1. The van der Waals surface area contributed by atoms with Crippen LogP contribution in [0.1, 0.15) is 23.7 Å². The third kappa shape index (κ3) is 3.64. The molecule has 1 heterocycles. The van der Waals surface area contributed by atoms with Crippen LogP contribution in [0.5, 0.6) is 0 Å². The highest BCUT2D eigenvalue weighted by Gasteiger charge is 2.11. The van der Waals surface area contributed by atoms with Gasteiger partial charge in [-0.15, -0.1) is 0 Å². The maximum atomic E-state index is 12.0. The summed E-state index contributed by atoms with van der Waals surface area (Å²) in [4.78, 5) is 12.0. The normalized spacial score (nSPS) is 14.2. The topological polar surface area (TPSA) is 74.8 Å². The van der Waals surface area contributed by atoms with Gasteiger partial charge < -0.3 is 5.32 Å². The first-order valence-electron chi connectivity index (χ1n) is 6.10. The fourth-order valence-electron chi connectivity index (χ4n) is 1.80. The van der Waals surface area contributed by atoms with Gasteiger partial charge in [0.2, 0.25) is 0 Å². The number of carbonyl (C=O) groups is 1. The molecule has 2 rings (SSSR count). The number of fused-ring (bicyclic) bond motifs is 1. The van der Waals surface area contributed by atoms with Crippen LogP contribution in [0.2, 0.25) is 0 Å². The van der Waals surface area contributed by atoms with Gasteiger partial charge in [-0.25, -0.2) is 0 Å². The number of nitrogens with zero attached hydrogens (tertiary/aromatic N) is 1. The molecule has 2 atom stereocenters. The Bertz CT molecular complexity index is 609. The van der Waals surface area contributed by atoms with Gasteiger partial charge in [-0.3, -0.25) is 14.1 Å². The number of hydrogen-bond acceptors (Lipinski definition) is 3. The lowest BCUT2D eigenvalue weighted by Gasteiger charge is -2.13. The monoisotopic (exact) mass is 279 g/mol. The highest BCUT2D eigenvalue weighted by atomic mass is 32.2. The summed E-state index contributed by atoms with van der Waals surface area (Å²) < 4.78 is 11.0. The van der Waals surface area contributed by atoms with Gasteiger partial charge in [-0.1, -0.05) is 6.07 Å². The van der Waals surface area contributed by atoms with E-state index in [4.69, 9.17) is 0 Å². The molecule has 0 fully saturated rings. The summed E-state index contributed by atoms with van der Waals surface area (Å²) >= 11 is 0. The van der Waals surface area contributed by atoms with Gasteiger partial charge in [0.25, 0.3) is 5.91 Å². The molecule has 0 saturated carbocycles. The summed E-state index contributed by atoms with van der Waals surface area (Å²) in [6, 6.07) is 5.42. The maximum Gasteiger partial charge on any atom is 0.251 e. The zero-order valence-electron chi connectivity index (χ0n) is 11.0. The highest BCUT2D eigenvalue weighted by Crippen LogP contribution is 2.12.